The van der Waals surface area contributed by atoms with Gasteiger partial charge in [0.05, 0.1) is 5.56 Å². The second kappa shape index (κ2) is 6.04. The summed E-state index contributed by atoms with van der Waals surface area (Å²) in [6.07, 6.45) is 3.81. The molecule has 3 heteroatoms. The fourth-order valence-corrected chi connectivity index (χ4v) is 2.25. The normalized spacial score (nSPS) is 11.1. The van der Waals surface area contributed by atoms with Crippen LogP contribution in [-0.4, -0.2) is 16.1 Å². The van der Waals surface area contributed by atoms with Gasteiger partial charge in [0.15, 0.2) is 6.29 Å². The Labute approximate surface area is 120 Å². The molecular weight excluding hydrogens is 248 g/mol. The molecule has 1 heterocycles. The van der Waals surface area contributed by atoms with E-state index in [0.717, 1.165) is 30.5 Å². The molecule has 0 N–H and O–H groups in total. The maximum Gasteiger partial charge on any atom is 0.153 e. The van der Waals surface area contributed by atoms with Gasteiger partial charge in [-0.2, -0.15) is 5.10 Å². The summed E-state index contributed by atoms with van der Waals surface area (Å²) < 4.78 is 1.89. The van der Waals surface area contributed by atoms with Crippen molar-refractivity contribution < 1.29 is 4.79 Å². The highest BCUT2D eigenvalue weighted by molar-refractivity contribution is 5.86. The smallest absolute Gasteiger partial charge is 0.153 e. The van der Waals surface area contributed by atoms with E-state index >= 15 is 0 Å². The Morgan fingerprint density at radius 3 is 2.70 bits per heavy atom. The maximum absolute atomic E-state index is 11.3. The van der Waals surface area contributed by atoms with E-state index in [1.165, 1.54) is 11.1 Å². The Morgan fingerprint density at radius 2 is 2.05 bits per heavy atom. The summed E-state index contributed by atoms with van der Waals surface area (Å²) >= 11 is 0. The fourth-order valence-electron chi connectivity index (χ4n) is 2.25. The number of aromatic nitrogens is 2. The molecule has 0 unspecified atom stereocenters. The van der Waals surface area contributed by atoms with Gasteiger partial charge in [0.2, 0.25) is 0 Å². The van der Waals surface area contributed by atoms with Gasteiger partial charge < -0.3 is 0 Å². The summed E-state index contributed by atoms with van der Waals surface area (Å²) in [4.78, 5) is 11.3. The average Bonchev–Trinajstić information content (AvgIpc) is 2.82. The fraction of sp³-hybridized carbons (Fsp3) is 0.412. The molecule has 0 bridgehead atoms. The number of carbonyl (C=O) groups is 1. The maximum atomic E-state index is 11.3. The van der Waals surface area contributed by atoms with E-state index in [0.29, 0.717) is 11.5 Å². The molecule has 0 aliphatic rings. The standard InChI is InChI=1S/C17H22N2O/c1-12(2)8-9-19-10-15(11-20)17(18-19)16-7-5-6-13(3)14(16)4/h5-7,10-12H,8-9H2,1-4H3. The molecule has 3 nitrogen and oxygen atoms in total. The summed E-state index contributed by atoms with van der Waals surface area (Å²) in [5.41, 5.74) is 4.92. The number of benzene rings is 1. The lowest BCUT2D eigenvalue weighted by atomic mass is 9.99. The van der Waals surface area contributed by atoms with Crippen molar-refractivity contribution in [1.29, 1.82) is 0 Å². The molecule has 0 radical (unpaired) electrons. The first-order chi connectivity index (χ1) is 9.52. The molecule has 0 saturated carbocycles. The SMILES string of the molecule is Cc1cccc(-c2nn(CCC(C)C)cc2C=O)c1C. The summed E-state index contributed by atoms with van der Waals surface area (Å²) in [6, 6.07) is 6.12. The number of aldehydes is 1. The molecule has 0 saturated heterocycles. The van der Waals surface area contributed by atoms with Crippen LogP contribution in [-0.2, 0) is 6.54 Å². The highest BCUT2D eigenvalue weighted by Gasteiger charge is 2.13. The number of hydrogen-bond acceptors (Lipinski definition) is 2. The van der Waals surface area contributed by atoms with Crippen LogP contribution in [0.1, 0.15) is 41.8 Å². The Hall–Kier alpha value is -1.90. The van der Waals surface area contributed by atoms with E-state index in [4.69, 9.17) is 0 Å². The molecule has 106 valence electrons. The number of carbonyl (C=O) groups excluding carboxylic acids is 1. The quantitative estimate of drug-likeness (QED) is 0.769. The molecule has 0 atom stereocenters. The Balaban J connectivity index is 2.40. The molecule has 0 aliphatic carbocycles. The van der Waals surface area contributed by atoms with E-state index in [1.54, 1.807) is 0 Å². The summed E-state index contributed by atoms with van der Waals surface area (Å²) in [5.74, 6) is 0.628. The number of nitrogens with zero attached hydrogens (tertiary/aromatic N) is 2. The third kappa shape index (κ3) is 2.98. The van der Waals surface area contributed by atoms with Crippen LogP contribution in [0.2, 0.25) is 0 Å². The van der Waals surface area contributed by atoms with Gasteiger partial charge in [-0.15, -0.1) is 0 Å². The van der Waals surface area contributed by atoms with Crippen LogP contribution in [0, 0.1) is 19.8 Å². The highest BCUT2D eigenvalue weighted by atomic mass is 16.1. The zero-order chi connectivity index (χ0) is 14.7. The first-order valence-corrected chi connectivity index (χ1v) is 7.12. The first kappa shape index (κ1) is 14.5. The van der Waals surface area contributed by atoms with Crippen molar-refractivity contribution in [1.82, 2.24) is 9.78 Å². The van der Waals surface area contributed by atoms with Crippen LogP contribution in [0.3, 0.4) is 0 Å². The monoisotopic (exact) mass is 270 g/mol. The third-order valence-corrected chi connectivity index (χ3v) is 3.71. The first-order valence-electron chi connectivity index (χ1n) is 7.12. The number of rotatable bonds is 5. The minimum absolute atomic E-state index is 0.628. The van der Waals surface area contributed by atoms with E-state index in [2.05, 4.69) is 38.9 Å². The summed E-state index contributed by atoms with van der Waals surface area (Å²) in [5, 5.41) is 4.61. The molecule has 0 spiro atoms. The van der Waals surface area contributed by atoms with Gasteiger partial charge in [-0.05, 0) is 37.3 Å². The van der Waals surface area contributed by atoms with Crippen molar-refractivity contribution in [3.05, 3.63) is 41.1 Å². The second-order valence-corrected chi connectivity index (χ2v) is 5.74. The van der Waals surface area contributed by atoms with Crippen LogP contribution in [0.25, 0.3) is 11.3 Å². The molecule has 0 fully saturated rings. The molecular formula is C17H22N2O. The minimum Gasteiger partial charge on any atom is -0.298 e. The molecule has 1 aromatic heterocycles. The molecule has 0 aliphatic heterocycles. The third-order valence-electron chi connectivity index (χ3n) is 3.71. The van der Waals surface area contributed by atoms with E-state index in [-0.39, 0.29) is 0 Å². The van der Waals surface area contributed by atoms with Crippen LogP contribution in [0.5, 0.6) is 0 Å². The van der Waals surface area contributed by atoms with Crippen molar-refractivity contribution in [3.63, 3.8) is 0 Å². The summed E-state index contributed by atoms with van der Waals surface area (Å²) in [6.45, 7) is 9.39. The van der Waals surface area contributed by atoms with Crippen molar-refractivity contribution in [3.8, 4) is 11.3 Å². The second-order valence-electron chi connectivity index (χ2n) is 5.74. The zero-order valence-electron chi connectivity index (χ0n) is 12.7. The van der Waals surface area contributed by atoms with Gasteiger partial charge >= 0.3 is 0 Å². The van der Waals surface area contributed by atoms with Crippen molar-refractivity contribution >= 4 is 6.29 Å². The van der Waals surface area contributed by atoms with Crippen LogP contribution in [0.4, 0.5) is 0 Å². The lowest BCUT2D eigenvalue weighted by Gasteiger charge is -2.07. The van der Waals surface area contributed by atoms with Crippen LogP contribution >= 0.6 is 0 Å². The van der Waals surface area contributed by atoms with Crippen molar-refractivity contribution in [2.75, 3.05) is 0 Å². The van der Waals surface area contributed by atoms with Gasteiger partial charge in [0.1, 0.15) is 5.69 Å². The van der Waals surface area contributed by atoms with Crippen LogP contribution < -0.4 is 0 Å². The van der Waals surface area contributed by atoms with Gasteiger partial charge in [-0.1, -0.05) is 32.0 Å². The molecule has 2 rings (SSSR count). The Morgan fingerprint density at radius 1 is 1.30 bits per heavy atom. The number of hydrogen-bond donors (Lipinski definition) is 0. The summed E-state index contributed by atoms with van der Waals surface area (Å²) in [7, 11) is 0. The molecule has 0 amide bonds. The molecule has 1 aromatic carbocycles. The topological polar surface area (TPSA) is 34.9 Å². The van der Waals surface area contributed by atoms with Crippen molar-refractivity contribution in [2.24, 2.45) is 5.92 Å². The van der Waals surface area contributed by atoms with Crippen molar-refractivity contribution in [2.45, 2.75) is 40.7 Å². The number of aryl methyl sites for hydroxylation is 2. The van der Waals surface area contributed by atoms with E-state index in [9.17, 15) is 4.79 Å². The lowest BCUT2D eigenvalue weighted by Crippen LogP contribution is -2.02. The predicted octanol–water partition coefficient (Wildman–Crippen LogP) is 4.03. The largest absolute Gasteiger partial charge is 0.298 e. The molecule has 2 aromatic rings. The zero-order valence-corrected chi connectivity index (χ0v) is 12.7. The Bertz CT molecular complexity index is 611. The minimum atomic E-state index is 0.628. The van der Waals surface area contributed by atoms with Gasteiger partial charge in [0.25, 0.3) is 0 Å². The average molecular weight is 270 g/mol. The van der Waals surface area contributed by atoms with Gasteiger partial charge in [-0.25, -0.2) is 0 Å². The lowest BCUT2D eigenvalue weighted by molar-refractivity contribution is 0.112. The van der Waals surface area contributed by atoms with E-state index < -0.39 is 0 Å². The predicted molar refractivity (Wildman–Crippen MR) is 82.0 cm³/mol. The van der Waals surface area contributed by atoms with Crippen LogP contribution in [0.15, 0.2) is 24.4 Å². The Kier molecular flexibility index (Phi) is 4.38. The van der Waals surface area contributed by atoms with Gasteiger partial charge in [-0.3, -0.25) is 9.48 Å². The highest BCUT2D eigenvalue weighted by Crippen LogP contribution is 2.26. The molecule has 20 heavy (non-hydrogen) atoms. The van der Waals surface area contributed by atoms with Gasteiger partial charge in [0, 0.05) is 18.3 Å². The van der Waals surface area contributed by atoms with E-state index in [1.807, 2.05) is 23.0 Å².